The molecule has 4 atom stereocenters. The maximum absolute atomic E-state index is 4.09. The summed E-state index contributed by atoms with van der Waals surface area (Å²) in [4.78, 5) is 0. The lowest BCUT2D eigenvalue weighted by molar-refractivity contribution is 0.265. The van der Waals surface area contributed by atoms with E-state index in [0.717, 1.165) is 17.8 Å². The van der Waals surface area contributed by atoms with E-state index in [2.05, 4.69) is 41.5 Å². The molecule has 0 nitrogen and oxygen atoms in total. The fraction of sp³-hybridized carbons (Fsp3) is 0.917. The summed E-state index contributed by atoms with van der Waals surface area (Å²) in [7, 11) is 0. The van der Waals surface area contributed by atoms with Crippen LogP contribution in [0.25, 0.3) is 0 Å². The van der Waals surface area contributed by atoms with E-state index < -0.39 is 0 Å². The fourth-order valence-electron chi connectivity index (χ4n) is 1.58. The molecule has 0 fully saturated rings. The first kappa shape index (κ1) is 12.0. The van der Waals surface area contributed by atoms with Crippen LogP contribution in [0.5, 0.6) is 0 Å². The summed E-state index contributed by atoms with van der Waals surface area (Å²) >= 11 is 0. The highest BCUT2D eigenvalue weighted by atomic mass is 14.2. The third kappa shape index (κ3) is 4.13. The van der Waals surface area contributed by atoms with Crippen LogP contribution in [-0.2, 0) is 0 Å². The van der Waals surface area contributed by atoms with Crippen molar-refractivity contribution < 1.29 is 0 Å². The van der Waals surface area contributed by atoms with Crippen LogP contribution >= 0.6 is 0 Å². The zero-order valence-corrected chi connectivity index (χ0v) is 9.43. The van der Waals surface area contributed by atoms with E-state index in [1.165, 1.54) is 12.8 Å². The van der Waals surface area contributed by atoms with Crippen molar-refractivity contribution in [2.45, 2.75) is 47.5 Å². The highest BCUT2D eigenvalue weighted by Gasteiger charge is 2.17. The van der Waals surface area contributed by atoms with Gasteiger partial charge in [0.2, 0.25) is 0 Å². The monoisotopic (exact) mass is 169 g/mol. The molecule has 0 heterocycles. The summed E-state index contributed by atoms with van der Waals surface area (Å²) in [5.74, 6) is 3.05. The average molecular weight is 169 g/mol. The zero-order chi connectivity index (χ0) is 9.72. The van der Waals surface area contributed by atoms with Crippen LogP contribution in [0.3, 0.4) is 0 Å². The molecule has 0 aliphatic carbocycles. The van der Waals surface area contributed by atoms with Gasteiger partial charge in [-0.15, -0.1) is 0 Å². The molecule has 0 rings (SSSR count). The molecule has 0 heteroatoms. The van der Waals surface area contributed by atoms with E-state index >= 15 is 0 Å². The van der Waals surface area contributed by atoms with Crippen molar-refractivity contribution in [1.29, 1.82) is 0 Å². The Labute approximate surface area is 78.8 Å². The second kappa shape index (κ2) is 5.61. The Bertz CT molecular complexity index is 105. The second-order valence-corrected chi connectivity index (χ2v) is 4.56. The Hall–Kier alpha value is 0. The largest absolute Gasteiger partial charge is 0.0651 e. The molecule has 0 amide bonds. The third-order valence-corrected chi connectivity index (χ3v) is 3.27. The average Bonchev–Trinajstić information content (AvgIpc) is 2.02. The Balaban J connectivity index is 3.78. The summed E-state index contributed by atoms with van der Waals surface area (Å²) in [6.07, 6.45) is 2.67. The number of rotatable bonds is 5. The summed E-state index contributed by atoms with van der Waals surface area (Å²) in [5, 5.41) is 0. The first-order valence-corrected chi connectivity index (χ1v) is 5.32. The molecule has 0 saturated heterocycles. The molecule has 12 heavy (non-hydrogen) atoms. The molecule has 1 radical (unpaired) electrons. The van der Waals surface area contributed by atoms with Crippen molar-refractivity contribution in [3.63, 3.8) is 0 Å². The molecule has 4 unspecified atom stereocenters. The topological polar surface area (TPSA) is 0 Å². The van der Waals surface area contributed by atoms with Crippen LogP contribution in [-0.4, -0.2) is 0 Å². The maximum Gasteiger partial charge on any atom is -0.0391 e. The van der Waals surface area contributed by atoms with Gasteiger partial charge in [-0.05, 0) is 30.1 Å². The molecular weight excluding hydrogens is 144 g/mol. The van der Waals surface area contributed by atoms with Crippen LogP contribution in [0.15, 0.2) is 0 Å². The van der Waals surface area contributed by atoms with E-state index in [1.54, 1.807) is 0 Å². The van der Waals surface area contributed by atoms with Gasteiger partial charge in [0.25, 0.3) is 0 Å². The number of hydrogen-bond donors (Lipinski definition) is 0. The van der Waals surface area contributed by atoms with E-state index in [0.29, 0.717) is 5.92 Å². The Kier molecular flexibility index (Phi) is 5.61. The van der Waals surface area contributed by atoms with Gasteiger partial charge in [0.1, 0.15) is 0 Å². The molecule has 0 aromatic rings. The maximum atomic E-state index is 4.09. The Morgan fingerprint density at radius 1 is 1.08 bits per heavy atom. The van der Waals surface area contributed by atoms with Crippen molar-refractivity contribution in [3.8, 4) is 0 Å². The minimum Gasteiger partial charge on any atom is -0.0651 e. The van der Waals surface area contributed by atoms with Crippen LogP contribution in [0, 0.1) is 30.6 Å². The first-order valence-electron chi connectivity index (χ1n) is 5.32. The Morgan fingerprint density at radius 2 is 1.58 bits per heavy atom. The van der Waals surface area contributed by atoms with Gasteiger partial charge in [-0.3, -0.25) is 0 Å². The molecule has 0 bridgehead atoms. The minimum absolute atomic E-state index is 0.587. The molecule has 0 aliphatic heterocycles. The molecule has 0 saturated carbocycles. The van der Waals surface area contributed by atoms with Crippen LogP contribution < -0.4 is 0 Å². The smallest absolute Gasteiger partial charge is 0.0391 e. The fourth-order valence-corrected chi connectivity index (χ4v) is 1.58. The highest BCUT2D eigenvalue weighted by molar-refractivity contribution is 4.70. The molecule has 0 aliphatic rings. The van der Waals surface area contributed by atoms with Crippen molar-refractivity contribution in [2.24, 2.45) is 23.7 Å². The van der Waals surface area contributed by atoms with Crippen LogP contribution in [0.1, 0.15) is 47.5 Å². The highest BCUT2D eigenvalue weighted by Crippen LogP contribution is 2.26. The molecule has 0 N–H and O–H groups in total. The summed E-state index contributed by atoms with van der Waals surface area (Å²) in [6.45, 7) is 15.6. The SMILES string of the molecule is [CH2]C(C)C(C)C(C)CC(C)CC. The molecule has 0 aromatic heterocycles. The van der Waals surface area contributed by atoms with Gasteiger partial charge >= 0.3 is 0 Å². The van der Waals surface area contributed by atoms with E-state index in [9.17, 15) is 0 Å². The predicted molar refractivity (Wildman–Crippen MR) is 56.9 cm³/mol. The van der Waals surface area contributed by atoms with E-state index in [-0.39, 0.29) is 0 Å². The van der Waals surface area contributed by atoms with Crippen molar-refractivity contribution in [1.82, 2.24) is 0 Å². The summed E-state index contributed by atoms with van der Waals surface area (Å²) < 4.78 is 0. The van der Waals surface area contributed by atoms with Gasteiger partial charge in [-0.2, -0.15) is 0 Å². The lowest BCUT2D eigenvalue weighted by Gasteiger charge is -2.25. The van der Waals surface area contributed by atoms with Gasteiger partial charge in [0.05, 0.1) is 0 Å². The van der Waals surface area contributed by atoms with Crippen molar-refractivity contribution in [3.05, 3.63) is 6.92 Å². The van der Waals surface area contributed by atoms with E-state index in [4.69, 9.17) is 0 Å². The first-order chi connectivity index (χ1) is 5.49. The molecule has 0 aromatic carbocycles. The Morgan fingerprint density at radius 3 is 1.92 bits per heavy atom. The quantitative estimate of drug-likeness (QED) is 0.579. The van der Waals surface area contributed by atoms with Gasteiger partial charge in [0, 0.05) is 0 Å². The molecule has 0 spiro atoms. The minimum atomic E-state index is 0.587. The standard InChI is InChI=1S/C12H25/c1-7-10(4)8-11(5)12(6)9(2)3/h9-12H,2,7-8H2,1,3-6H3. The van der Waals surface area contributed by atoms with Gasteiger partial charge < -0.3 is 0 Å². The summed E-state index contributed by atoms with van der Waals surface area (Å²) in [6, 6.07) is 0. The predicted octanol–water partition coefficient (Wildman–Crippen LogP) is 4.16. The van der Waals surface area contributed by atoms with E-state index in [1.807, 2.05) is 0 Å². The van der Waals surface area contributed by atoms with Gasteiger partial charge in [0.15, 0.2) is 0 Å². The molecular formula is C12H25. The van der Waals surface area contributed by atoms with Gasteiger partial charge in [-0.25, -0.2) is 0 Å². The van der Waals surface area contributed by atoms with Crippen LogP contribution in [0.2, 0.25) is 0 Å². The van der Waals surface area contributed by atoms with Gasteiger partial charge in [-0.1, -0.05) is 48.0 Å². The number of hydrogen-bond acceptors (Lipinski definition) is 0. The zero-order valence-electron chi connectivity index (χ0n) is 9.43. The normalized spacial score (nSPS) is 19.2. The second-order valence-electron chi connectivity index (χ2n) is 4.56. The van der Waals surface area contributed by atoms with Crippen LogP contribution in [0.4, 0.5) is 0 Å². The lowest BCUT2D eigenvalue weighted by Crippen LogP contribution is -2.16. The lowest BCUT2D eigenvalue weighted by atomic mass is 9.81. The molecule has 73 valence electrons. The third-order valence-electron chi connectivity index (χ3n) is 3.27. The van der Waals surface area contributed by atoms with Crippen molar-refractivity contribution in [2.75, 3.05) is 0 Å². The summed E-state index contributed by atoms with van der Waals surface area (Å²) in [5.41, 5.74) is 0. The van der Waals surface area contributed by atoms with Crippen molar-refractivity contribution >= 4 is 0 Å².